The van der Waals surface area contributed by atoms with Crippen LogP contribution in [0.3, 0.4) is 0 Å². The van der Waals surface area contributed by atoms with E-state index in [1.54, 1.807) is 6.20 Å². The van der Waals surface area contributed by atoms with Gasteiger partial charge in [0.2, 0.25) is 0 Å². The Morgan fingerprint density at radius 3 is 2.82 bits per heavy atom. The van der Waals surface area contributed by atoms with Crippen LogP contribution >= 0.6 is 0 Å². The molecular weight excluding hydrogens is 276 g/mol. The first kappa shape index (κ1) is 14.3. The molecule has 22 heavy (non-hydrogen) atoms. The van der Waals surface area contributed by atoms with E-state index < -0.39 is 0 Å². The molecule has 0 saturated carbocycles. The number of aryl methyl sites for hydroxylation is 1. The molecule has 0 spiro atoms. The number of hydrogen-bond acceptors (Lipinski definition) is 3. The fraction of sp³-hybridized carbons (Fsp3) is 0.235. The summed E-state index contributed by atoms with van der Waals surface area (Å²) in [6.07, 6.45) is 3.72. The first-order valence-electron chi connectivity index (χ1n) is 7.43. The highest BCUT2D eigenvalue weighted by Gasteiger charge is 2.13. The van der Waals surface area contributed by atoms with Crippen molar-refractivity contribution >= 4 is 16.8 Å². The van der Waals surface area contributed by atoms with Crippen LogP contribution in [0.1, 0.15) is 24.2 Å². The van der Waals surface area contributed by atoms with Crippen molar-refractivity contribution < 1.29 is 4.79 Å². The molecule has 1 amide bonds. The van der Waals surface area contributed by atoms with E-state index in [4.69, 9.17) is 0 Å². The van der Waals surface area contributed by atoms with Crippen molar-refractivity contribution in [2.24, 2.45) is 0 Å². The molecule has 0 aliphatic carbocycles. The summed E-state index contributed by atoms with van der Waals surface area (Å²) in [6.45, 7) is 5.34. The molecule has 2 heterocycles. The van der Waals surface area contributed by atoms with Crippen molar-refractivity contribution in [3.05, 3.63) is 48.3 Å². The van der Waals surface area contributed by atoms with E-state index in [9.17, 15) is 4.79 Å². The van der Waals surface area contributed by atoms with Gasteiger partial charge < -0.3 is 5.32 Å². The lowest BCUT2D eigenvalue weighted by molar-refractivity contribution is 0.0957. The van der Waals surface area contributed by atoms with Crippen LogP contribution < -0.4 is 5.32 Å². The maximum absolute atomic E-state index is 12.3. The zero-order chi connectivity index (χ0) is 15.5. The Kier molecular flexibility index (Phi) is 3.87. The van der Waals surface area contributed by atoms with Crippen molar-refractivity contribution in [2.45, 2.75) is 20.4 Å². The summed E-state index contributed by atoms with van der Waals surface area (Å²) in [4.78, 5) is 17.0. The van der Waals surface area contributed by atoms with Gasteiger partial charge in [0, 0.05) is 30.2 Å². The second-order valence-electron chi connectivity index (χ2n) is 5.02. The molecule has 0 fully saturated rings. The van der Waals surface area contributed by atoms with Gasteiger partial charge >= 0.3 is 0 Å². The average Bonchev–Trinajstić information content (AvgIpc) is 3.03. The summed E-state index contributed by atoms with van der Waals surface area (Å²) < 4.78 is 1.85. The van der Waals surface area contributed by atoms with E-state index in [1.807, 2.05) is 55.1 Å². The lowest BCUT2D eigenvalue weighted by atomic mass is 10.1. The first-order valence-corrected chi connectivity index (χ1v) is 7.43. The van der Waals surface area contributed by atoms with Crippen molar-refractivity contribution in [3.63, 3.8) is 0 Å². The number of rotatable bonds is 4. The van der Waals surface area contributed by atoms with Crippen molar-refractivity contribution in [3.8, 4) is 11.3 Å². The van der Waals surface area contributed by atoms with E-state index >= 15 is 0 Å². The highest BCUT2D eigenvalue weighted by atomic mass is 16.1. The largest absolute Gasteiger partial charge is 0.352 e. The van der Waals surface area contributed by atoms with Gasteiger partial charge in [0.15, 0.2) is 0 Å². The second kappa shape index (κ2) is 5.97. The minimum Gasteiger partial charge on any atom is -0.352 e. The van der Waals surface area contributed by atoms with Gasteiger partial charge in [-0.25, -0.2) is 4.98 Å². The lowest BCUT2D eigenvalue weighted by Crippen LogP contribution is -2.23. The molecule has 0 radical (unpaired) electrons. The number of benzene rings is 1. The third kappa shape index (κ3) is 2.57. The van der Waals surface area contributed by atoms with Crippen LogP contribution in [0.25, 0.3) is 22.2 Å². The third-order valence-electron chi connectivity index (χ3n) is 3.55. The number of fused-ring (bicyclic) bond motifs is 1. The normalized spacial score (nSPS) is 10.8. The number of aromatic nitrogens is 3. The van der Waals surface area contributed by atoms with Crippen LogP contribution in [0.15, 0.2) is 42.7 Å². The maximum Gasteiger partial charge on any atom is 0.252 e. The number of hydrogen-bond donors (Lipinski definition) is 1. The smallest absolute Gasteiger partial charge is 0.252 e. The third-order valence-corrected chi connectivity index (χ3v) is 3.55. The number of nitrogens with one attached hydrogen (secondary N) is 1. The molecular formula is C17H18N4O. The summed E-state index contributed by atoms with van der Waals surface area (Å²) in [5, 5.41) is 8.00. The molecule has 0 atom stereocenters. The van der Waals surface area contributed by atoms with Crippen LogP contribution in [0.5, 0.6) is 0 Å². The predicted molar refractivity (Wildman–Crippen MR) is 86.6 cm³/mol. The van der Waals surface area contributed by atoms with Gasteiger partial charge in [-0.05, 0) is 26.0 Å². The molecule has 0 saturated heterocycles. The van der Waals surface area contributed by atoms with Gasteiger partial charge in [-0.3, -0.25) is 9.48 Å². The molecule has 1 aromatic carbocycles. The zero-order valence-corrected chi connectivity index (χ0v) is 12.7. The molecule has 0 aliphatic rings. The van der Waals surface area contributed by atoms with E-state index in [-0.39, 0.29) is 5.91 Å². The van der Waals surface area contributed by atoms with E-state index in [0.29, 0.717) is 12.1 Å². The summed E-state index contributed by atoms with van der Waals surface area (Å²) in [5.74, 6) is -0.0785. The van der Waals surface area contributed by atoms with Crippen LogP contribution in [-0.2, 0) is 6.54 Å². The van der Waals surface area contributed by atoms with Crippen molar-refractivity contribution in [1.29, 1.82) is 0 Å². The topological polar surface area (TPSA) is 59.8 Å². The predicted octanol–water partition coefficient (Wildman–Crippen LogP) is 2.87. The minimum atomic E-state index is -0.0785. The molecule has 0 aliphatic heterocycles. The van der Waals surface area contributed by atoms with Crippen molar-refractivity contribution in [2.75, 3.05) is 6.54 Å². The standard InChI is InChI=1S/C17H18N4O/c1-3-18-17(22)14-9-16(12-10-19-21(4-2)11-12)20-15-8-6-5-7-13(14)15/h5-11H,3-4H2,1-2H3,(H,18,22). The van der Waals surface area contributed by atoms with E-state index in [1.165, 1.54) is 0 Å². The highest BCUT2D eigenvalue weighted by Crippen LogP contribution is 2.24. The molecule has 112 valence electrons. The number of nitrogens with zero attached hydrogens (tertiary/aromatic N) is 3. The van der Waals surface area contributed by atoms with Crippen LogP contribution in [0.4, 0.5) is 0 Å². The Balaban J connectivity index is 2.17. The Bertz CT molecular complexity index is 822. The number of carbonyl (C=O) groups is 1. The minimum absolute atomic E-state index is 0.0785. The first-order chi connectivity index (χ1) is 10.7. The van der Waals surface area contributed by atoms with Gasteiger partial charge in [0.25, 0.3) is 5.91 Å². The zero-order valence-electron chi connectivity index (χ0n) is 12.7. The summed E-state index contributed by atoms with van der Waals surface area (Å²) in [7, 11) is 0. The van der Waals surface area contributed by atoms with Gasteiger partial charge in [-0.15, -0.1) is 0 Å². The second-order valence-corrected chi connectivity index (χ2v) is 5.02. The fourth-order valence-electron chi connectivity index (χ4n) is 2.44. The van der Waals surface area contributed by atoms with Gasteiger partial charge in [0.1, 0.15) is 0 Å². The molecule has 2 aromatic heterocycles. The number of amides is 1. The number of para-hydroxylation sites is 1. The molecule has 0 bridgehead atoms. The van der Waals surface area contributed by atoms with Gasteiger partial charge in [-0.1, -0.05) is 18.2 Å². The molecule has 5 heteroatoms. The van der Waals surface area contributed by atoms with Crippen LogP contribution in [-0.4, -0.2) is 27.2 Å². The maximum atomic E-state index is 12.3. The molecule has 0 unspecified atom stereocenters. The molecule has 1 N–H and O–H groups in total. The number of carbonyl (C=O) groups excluding carboxylic acids is 1. The summed E-state index contributed by atoms with van der Waals surface area (Å²) in [6, 6.07) is 9.53. The monoisotopic (exact) mass is 294 g/mol. The summed E-state index contributed by atoms with van der Waals surface area (Å²) in [5.41, 5.74) is 3.13. The Labute approximate surface area is 129 Å². The Morgan fingerprint density at radius 2 is 2.09 bits per heavy atom. The molecule has 5 nitrogen and oxygen atoms in total. The lowest BCUT2D eigenvalue weighted by Gasteiger charge is -2.08. The Hall–Kier alpha value is -2.69. The quantitative estimate of drug-likeness (QED) is 0.805. The van der Waals surface area contributed by atoms with E-state index in [0.717, 1.165) is 28.7 Å². The molecule has 3 aromatic rings. The summed E-state index contributed by atoms with van der Waals surface area (Å²) >= 11 is 0. The fourth-order valence-corrected chi connectivity index (χ4v) is 2.44. The van der Waals surface area contributed by atoms with Gasteiger partial charge in [-0.2, -0.15) is 5.10 Å². The SMILES string of the molecule is CCNC(=O)c1cc(-c2cnn(CC)c2)nc2ccccc12. The van der Waals surface area contributed by atoms with Crippen LogP contribution in [0, 0.1) is 0 Å². The Morgan fingerprint density at radius 1 is 1.27 bits per heavy atom. The van der Waals surface area contributed by atoms with E-state index in [2.05, 4.69) is 15.4 Å². The highest BCUT2D eigenvalue weighted by molar-refractivity contribution is 6.07. The average molecular weight is 294 g/mol. The molecule has 3 rings (SSSR count). The number of pyridine rings is 1. The van der Waals surface area contributed by atoms with Crippen molar-refractivity contribution in [1.82, 2.24) is 20.1 Å². The van der Waals surface area contributed by atoms with Crippen LogP contribution in [0.2, 0.25) is 0 Å². The van der Waals surface area contributed by atoms with Gasteiger partial charge in [0.05, 0.1) is 23.0 Å².